The molecule has 1 unspecified atom stereocenters. The van der Waals surface area contributed by atoms with Crippen LogP contribution in [0.15, 0.2) is 42.6 Å². The van der Waals surface area contributed by atoms with Crippen molar-refractivity contribution in [2.75, 3.05) is 13.1 Å². The predicted octanol–water partition coefficient (Wildman–Crippen LogP) is 1.84. The van der Waals surface area contributed by atoms with Crippen molar-refractivity contribution in [3.8, 4) is 11.3 Å². The highest BCUT2D eigenvalue weighted by Gasteiger charge is 2.53. The topological polar surface area (TPSA) is 54.0 Å². The van der Waals surface area contributed by atoms with Crippen LogP contribution in [0.5, 0.6) is 0 Å². The normalized spacial score (nSPS) is 25.6. The van der Waals surface area contributed by atoms with E-state index < -0.39 is 0 Å². The molecule has 4 nitrogen and oxygen atoms in total. The fourth-order valence-corrected chi connectivity index (χ4v) is 3.21. The van der Waals surface area contributed by atoms with Gasteiger partial charge in [0.2, 0.25) is 0 Å². The monoisotopic (exact) mass is 297 g/mol. The third kappa shape index (κ3) is 2.37. The third-order valence-corrected chi connectivity index (χ3v) is 4.54. The molecule has 3 atom stereocenters. The van der Waals surface area contributed by atoms with E-state index in [0.717, 1.165) is 13.1 Å². The van der Waals surface area contributed by atoms with Crippen molar-refractivity contribution >= 4 is 5.91 Å². The number of rotatable bonds is 3. The molecule has 112 valence electrons. The van der Waals surface area contributed by atoms with Gasteiger partial charge < -0.3 is 10.6 Å². The smallest absolute Gasteiger partial charge is 0.253 e. The largest absolute Gasteiger partial charge is 0.349 e. The molecule has 22 heavy (non-hydrogen) atoms. The summed E-state index contributed by atoms with van der Waals surface area (Å²) in [5.74, 6) is 0.791. The molecule has 4 rings (SSSR count). The van der Waals surface area contributed by atoms with E-state index in [0.29, 0.717) is 34.7 Å². The molecule has 1 aliphatic carbocycles. The standard InChI is InChI=1S/C17H16FN3O/c18-12-3-1-2-10(6-12)15-5-4-11(7-20-15)17(22)21-16-13-8-19-9-14(13)16/h1-7,13-14,16,19H,8-9H2,(H,21,22)/t13-,14+,16?. The van der Waals surface area contributed by atoms with Gasteiger partial charge in [0.25, 0.3) is 5.91 Å². The van der Waals surface area contributed by atoms with Crippen molar-refractivity contribution in [2.45, 2.75) is 6.04 Å². The number of halogens is 1. The maximum Gasteiger partial charge on any atom is 0.253 e. The third-order valence-electron chi connectivity index (χ3n) is 4.54. The van der Waals surface area contributed by atoms with Gasteiger partial charge in [-0.05, 0) is 36.1 Å². The second kappa shape index (κ2) is 5.18. The molecule has 1 aliphatic heterocycles. The van der Waals surface area contributed by atoms with E-state index in [4.69, 9.17) is 0 Å². The fraction of sp³-hybridized carbons (Fsp3) is 0.294. The molecule has 2 heterocycles. The first-order valence-electron chi connectivity index (χ1n) is 7.46. The molecule has 2 fully saturated rings. The Labute approximate surface area is 127 Å². The molecule has 1 saturated heterocycles. The van der Waals surface area contributed by atoms with E-state index >= 15 is 0 Å². The summed E-state index contributed by atoms with van der Waals surface area (Å²) >= 11 is 0. The molecule has 2 aromatic rings. The fourth-order valence-electron chi connectivity index (χ4n) is 3.21. The van der Waals surface area contributed by atoms with Crippen molar-refractivity contribution in [3.05, 3.63) is 54.0 Å². The maximum absolute atomic E-state index is 13.2. The molecular formula is C17H16FN3O. The van der Waals surface area contributed by atoms with Crippen molar-refractivity contribution in [2.24, 2.45) is 11.8 Å². The van der Waals surface area contributed by atoms with Gasteiger partial charge in [0, 0.05) is 30.9 Å². The number of pyridine rings is 1. The van der Waals surface area contributed by atoms with Crippen LogP contribution in [0.4, 0.5) is 4.39 Å². The number of carbonyl (C=O) groups is 1. The summed E-state index contributed by atoms with van der Waals surface area (Å²) in [6, 6.07) is 10.1. The number of benzene rings is 1. The lowest BCUT2D eigenvalue weighted by Gasteiger charge is -2.08. The Kier molecular flexibility index (Phi) is 3.15. The van der Waals surface area contributed by atoms with Gasteiger partial charge in [-0.1, -0.05) is 12.1 Å². The molecule has 2 aliphatic rings. The number of nitrogens with one attached hydrogen (secondary N) is 2. The van der Waals surface area contributed by atoms with Gasteiger partial charge in [0.05, 0.1) is 11.3 Å². The van der Waals surface area contributed by atoms with Crippen LogP contribution in [-0.2, 0) is 0 Å². The molecule has 0 bridgehead atoms. The van der Waals surface area contributed by atoms with Gasteiger partial charge in [-0.2, -0.15) is 0 Å². The van der Waals surface area contributed by atoms with Crippen LogP contribution in [0.1, 0.15) is 10.4 Å². The average molecular weight is 297 g/mol. The molecule has 2 N–H and O–H groups in total. The first-order chi connectivity index (χ1) is 10.7. The Morgan fingerprint density at radius 1 is 1.23 bits per heavy atom. The van der Waals surface area contributed by atoms with E-state index in [9.17, 15) is 9.18 Å². The number of amides is 1. The summed E-state index contributed by atoms with van der Waals surface area (Å²) in [5, 5.41) is 6.36. The Morgan fingerprint density at radius 3 is 2.73 bits per heavy atom. The highest BCUT2D eigenvalue weighted by atomic mass is 19.1. The number of fused-ring (bicyclic) bond motifs is 1. The van der Waals surface area contributed by atoms with E-state index in [-0.39, 0.29) is 11.7 Å². The summed E-state index contributed by atoms with van der Waals surface area (Å²) < 4.78 is 13.2. The van der Waals surface area contributed by atoms with Crippen molar-refractivity contribution in [1.29, 1.82) is 0 Å². The van der Waals surface area contributed by atoms with E-state index in [2.05, 4.69) is 15.6 Å². The number of nitrogens with zero attached hydrogens (tertiary/aromatic N) is 1. The second-order valence-corrected chi connectivity index (χ2v) is 5.93. The molecular weight excluding hydrogens is 281 g/mol. The van der Waals surface area contributed by atoms with Gasteiger partial charge in [0.1, 0.15) is 5.82 Å². The molecule has 0 radical (unpaired) electrons. The first kappa shape index (κ1) is 13.4. The van der Waals surface area contributed by atoms with Gasteiger partial charge in [-0.3, -0.25) is 9.78 Å². The first-order valence-corrected chi connectivity index (χ1v) is 7.46. The predicted molar refractivity (Wildman–Crippen MR) is 80.7 cm³/mol. The van der Waals surface area contributed by atoms with Gasteiger partial charge in [0.15, 0.2) is 0 Å². The van der Waals surface area contributed by atoms with E-state index in [1.165, 1.54) is 12.1 Å². The number of piperidine rings is 1. The summed E-state index contributed by atoms with van der Waals surface area (Å²) in [4.78, 5) is 16.5. The van der Waals surface area contributed by atoms with Crippen LogP contribution in [0.2, 0.25) is 0 Å². The summed E-state index contributed by atoms with van der Waals surface area (Å²) in [6.07, 6.45) is 1.55. The quantitative estimate of drug-likeness (QED) is 0.909. The molecule has 0 spiro atoms. The van der Waals surface area contributed by atoms with Crippen LogP contribution < -0.4 is 10.6 Å². The SMILES string of the molecule is O=C(NC1[C@H]2CNC[C@@H]12)c1ccc(-c2cccc(F)c2)nc1. The van der Waals surface area contributed by atoms with Crippen molar-refractivity contribution in [3.63, 3.8) is 0 Å². The van der Waals surface area contributed by atoms with Crippen molar-refractivity contribution in [1.82, 2.24) is 15.6 Å². The molecule has 1 amide bonds. The number of aromatic nitrogens is 1. The zero-order valence-electron chi connectivity index (χ0n) is 11.9. The Morgan fingerprint density at radius 2 is 2.05 bits per heavy atom. The highest BCUT2D eigenvalue weighted by molar-refractivity contribution is 5.94. The summed E-state index contributed by atoms with van der Waals surface area (Å²) in [6.45, 7) is 1.98. The van der Waals surface area contributed by atoms with Crippen LogP contribution >= 0.6 is 0 Å². The highest BCUT2D eigenvalue weighted by Crippen LogP contribution is 2.41. The lowest BCUT2D eigenvalue weighted by atomic mass is 10.1. The summed E-state index contributed by atoms with van der Waals surface area (Å²) in [5.41, 5.74) is 1.90. The van der Waals surface area contributed by atoms with Crippen LogP contribution in [0.25, 0.3) is 11.3 Å². The lowest BCUT2D eigenvalue weighted by Crippen LogP contribution is -2.32. The van der Waals surface area contributed by atoms with Crippen molar-refractivity contribution < 1.29 is 9.18 Å². The number of hydrogen-bond donors (Lipinski definition) is 2. The molecule has 1 aromatic heterocycles. The van der Waals surface area contributed by atoms with Crippen LogP contribution in [-0.4, -0.2) is 30.0 Å². The minimum atomic E-state index is -0.296. The Balaban J connectivity index is 1.46. The average Bonchev–Trinajstić information content (AvgIpc) is 2.97. The maximum atomic E-state index is 13.2. The Bertz CT molecular complexity index is 706. The molecule has 5 heteroatoms. The van der Waals surface area contributed by atoms with Crippen LogP contribution in [0, 0.1) is 17.7 Å². The number of hydrogen-bond acceptors (Lipinski definition) is 3. The van der Waals surface area contributed by atoms with Crippen LogP contribution in [0.3, 0.4) is 0 Å². The minimum absolute atomic E-state index is 0.0855. The molecule has 1 saturated carbocycles. The number of carbonyl (C=O) groups excluding carboxylic acids is 1. The van der Waals surface area contributed by atoms with Gasteiger partial charge in [-0.15, -0.1) is 0 Å². The lowest BCUT2D eigenvalue weighted by molar-refractivity contribution is 0.0946. The zero-order valence-corrected chi connectivity index (χ0v) is 11.9. The molecule has 1 aromatic carbocycles. The van der Waals surface area contributed by atoms with Gasteiger partial charge in [-0.25, -0.2) is 4.39 Å². The minimum Gasteiger partial charge on any atom is -0.349 e. The van der Waals surface area contributed by atoms with Gasteiger partial charge >= 0.3 is 0 Å². The summed E-state index contributed by atoms with van der Waals surface area (Å²) in [7, 11) is 0. The Hall–Kier alpha value is -2.27. The second-order valence-electron chi connectivity index (χ2n) is 5.93. The zero-order chi connectivity index (χ0) is 15.1. The van der Waals surface area contributed by atoms with E-state index in [1.54, 1.807) is 30.5 Å². The van der Waals surface area contributed by atoms with E-state index in [1.807, 2.05) is 0 Å².